The predicted molar refractivity (Wildman–Crippen MR) is 81.1 cm³/mol. The fourth-order valence-corrected chi connectivity index (χ4v) is 2.12. The Morgan fingerprint density at radius 3 is 2.67 bits per heavy atom. The summed E-state index contributed by atoms with van der Waals surface area (Å²) >= 11 is 0. The molecule has 1 aromatic rings. The zero-order valence-electron chi connectivity index (χ0n) is 13.6. The molecule has 0 saturated carbocycles. The van der Waals surface area contributed by atoms with Crippen LogP contribution in [-0.2, 0) is 6.61 Å². The molecule has 1 aromatic heterocycles. The van der Waals surface area contributed by atoms with E-state index < -0.39 is 0 Å². The number of unbranched alkanes of at least 4 members (excludes halogenated alkanes) is 1. The lowest BCUT2D eigenvalue weighted by atomic mass is 10.1. The van der Waals surface area contributed by atoms with Crippen molar-refractivity contribution in [1.29, 1.82) is 0 Å². The Kier molecular flexibility index (Phi) is 6.84. The summed E-state index contributed by atoms with van der Waals surface area (Å²) in [6, 6.07) is 0.220. The van der Waals surface area contributed by atoms with Crippen molar-refractivity contribution < 1.29 is 14.4 Å². The number of nitrogens with zero attached hydrogens (tertiary/aromatic N) is 2. The number of nitrogens with one attached hydrogen (secondary N) is 1. The molecule has 21 heavy (non-hydrogen) atoms. The minimum atomic E-state index is -0.265. The first-order valence-electron chi connectivity index (χ1n) is 7.49. The van der Waals surface area contributed by atoms with Crippen molar-refractivity contribution in [2.24, 2.45) is 0 Å². The van der Waals surface area contributed by atoms with E-state index in [9.17, 15) is 4.79 Å². The summed E-state index contributed by atoms with van der Waals surface area (Å²) in [5.74, 6) is 0.0695. The number of aliphatic hydroxyl groups is 1. The Morgan fingerprint density at radius 1 is 1.48 bits per heavy atom. The summed E-state index contributed by atoms with van der Waals surface area (Å²) in [5.41, 5.74) is 0.837. The van der Waals surface area contributed by atoms with Gasteiger partial charge < -0.3 is 19.8 Å². The molecular formula is C15H27N3O3. The molecule has 0 bridgehead atoms. The maximum atomic E-state index is 12.2. The van der Waals surface area contributed by atoms with Gasteiger partial charge in [-0.3, -0.25) is 4.79 Å². The van der Waals surface area contributed by atoms with Crippen LogP contribution in [0.4, 0.5) is 0 Å². The van der Waals surface area contributed by atoms with Gasteiger partial charge in [0.1, 0.15) is 6.61 Å². The maximum Gasteiger partial charge on any atom is 0.274 e. The molecule has 6 heteroatoms. The van der Waals surface area contributed by atoms with Crippen LogP contribution in [0, 0.1) is 6.92 Å². The second kappa shape index (κ2) is 8.14. The minimum Gasteiger partial charge on any atom is -0.388 e. The standard InChI is InChI=1S/C15H27N3O3/c1-6-7-8-18(5)12(4)11(3)16-15(20)14-10(2)13(9-19)21-17-14/h11-12,19H,6-9H2,1-5H3,(H,16,20). The molecule has 2 atom stereocenters. The van der Waals surface area contributed by atoms with E-state index >= 15 is 0 Å². The van der Waals surface area contributed by atoms with Crippen molar-refractivity contribution in [2.45, 2.75) is 59.2 Å². The van der Waals surface area contributed by atoms with Crippen LogP contribution in [0.15, 0.2) is 4.52 Å². The number of rotatable bonds is 8. The first kappa shape index (κ1) is 17.7. The van der Waals surface area contributed by atoms with Gasteiger partial charge in [0, 0.05) is 17.6 Å². The molecule has 6 nitrogen and oxygen atoms in total. The topological polar surface area (TPSA) is 78.6 Å². The average molecular weight is 297 g/mol. The lowest BCUT2D eigenvalue weighted by Gasteiger charge is -2.30. The summed E-state index contributed by atoms with van der Waals surface area (Å²) in [6.45, 7) is 8.71. The van der Waals surface area contributed by atoms with Gasteiger partial charge in [0.05, 0.1) is 0 Å². The molecule has 0 aliphatic carbocycles. The van der Waals surface area contributed by atoms with Crippen molar-refractivity contribution >= 4 is 5.91 Å². The minimum absolute atomic E-state index is 0.00645. The number of amides is 1. The summed E-state index contributed by atoms with van der Waals surface area (Å²) < 4.78 is 4.94. The van der Waals surface area contributed by atoms with Gasteiger partial charge in [-0.05, 0) is 40.8 Å². The molecule has 0 saturated heterocycles. The molecule has 120 valence electrons. The van der Waals surface area contributed by atoms with Crippen LogP contribution in [0.25, 0.3) is 0 Å². The van der Waals surface area contributed by atoms with Gasteiger partial charge in [-0.2, -0.15) is 0 Å². The Hall–Kier alpha value is -1.40. The third-order valence-corrected chi connectivity index (χ3v) is 4.02. The zero-order valence-corrected chi connectivity index (χ0v) is 13.6. The Labute approximate surface area is 126 Å². The van der Waals surface area contributed by atoms with Crippen LogP contribution in [0.1, 0.15) is 55.4 Å². The lowest BCUT2D eigenvalue weighted by molar-refractivity contribution is 0.0902. The summed E-state index contributed by atoms with van der Waals surface area (Å²) in [5, 5.41) is 15.7. The molecule has 0 radical (unpaired) electrons. The number of aromatic nitrogens is 1. The Balaban J connectivity index is 2.62. The third kappa shape index (κ3) is 4.54. The van der Waals surface area contributed by atoms with E-state index in [1.54, 1.807) is 6.92 Å². The SMILES string of the molecule is CCCCN(C)C(C)C(C)NC(=O)c1noc(CO)c1C. The molecule has 2 N–H and O–H groups in total. The highest BCUT2D eigenvalue weighted by Gasteiger charge is 2.23. The highest BCUT2D eigenvalue weighted by Crippen LogP contribution is 2.13. The smallest absolute Gasteiger partial charge is 0.274 e. The first-order valence-corrected chi connectivity index (χ1v) is 7.49. The third-order valence-electron chi connectivity index (χ3n) is 4.02. The molecule has 2 unspecified atom stereocenters. The average Bonchev–Trinajstić information content (AvgIpc) is 2.84. The molecule has 0 aliphatic rings. The fourth-order valence-electron chi connectivity index (χ4n) is 2.12. The quantitative estimate of drug-likeness (QED) is 0.764. The van der Waals surface area contributed by atoms with E-state index in [4.69, 9.17) is 9.63 Å². The van der Waals surface area contributed by atoms with Crippen molar-refractivity contribution in [3.63, 3.8) is 0 Å². The predicted octanol–water partition coefficient (Wildman–Crippen LogP) is 1.71. The number of carbonyl (C=O) groups is 1. The fraction of sp³-hybridized carbons (Fsp3) is 0.733. The second-order valence-corrected chi connectivity index (χ2v) is 5.57. The van der Waals surface area contributed by atoms with Gasteiger partial charge in [0.25, 0.3) is 5.91 Å². The molecule has 1 heterocycles. The van der Waals surface area contributed by atoms with Gasteiger partial charge in [0.15, 0.2) is 11.5 Å². The lowest BCUT2D eigenvalue weighted by Crippen LogP contribution is -2.47. The van der Waals surface area contributed by atoms with Crippen LogP contribution < -0.4 is 5.32 Å². The Morgan fingerprint density at radius 2 is 2.14 bits per heavy atom. The first-order chi connectivity index (χ1) is 9.92. The van der Waals surface area contributed by atoms with Crippen molar-refractivity contribution in [1.82, 2.24) is 15.4 Å². The summed E-state index contributed by atoms with van der Waals surface area (Å²) in [4.78, 5) is 14.5. The van der Waals surface area contributed by atoms with Crippen molar-refractivity contribution in [2.75, 3.05) is 13.6 Å². The number of aliphatic hydroxyl groups excluding tert-OH is 1. The summed E-state index contributed by atoms with van der Waals surface area (Å²) in [7, 11) is 2.06. The van der Waals surface area contributed by atoms with Crippen LogP contribution in [0.3, 0.4) is 0 Å². The van der Waals surface area contributed by atoms with Crippen LogP contribution in [0.5, 0.6) is 0 Å². The van der Waals surface area contributed by atoms with E-state index in [0.717, 1.165) is 19.4 Å². The second-order valence-electron chi connectivity index (χ2n) is 5.57. The monoisotopic (exact) mass is 297 g/mol. The molecule has 1 rings (SSSR count). The van der Waals surface area contributed by atoms with E-state index in [-0.39, 0.29) is 30.3 Å². The molecule has 1 amide bonds. The van der Waals surface area contributed by atoms with Gasteiger partial charge >= 0.3 is 0 Å². The van der Waals surface area contributed by atoms with Gasteiger partial charge in [-0.1, -0.05) is 18.5 Å². The number of carbonyl (C=O) groups excluding carboxylic acids is 1. The number of hydrogen-bond donors (Lipinski definition) is 2. The van der Waals surface area contributed by atoms with E-state index in [0.29, 0.717) is 11.3 Å². The van der Waals surface area contributed by atoms with Crippen LogP contribution in [0.2, 0.25) is 0 Å². The van der Waals surface area contributed by atoms with Gasteiger partial charge in [-0.25, -0.2) is 0 Å². The van der Waals surface area contributed by atoms with Gasteiger partial charge in [0.2, 0.25) is 0 Å². The van der Waals surface area contributed by atoms with E-state index in [1.165, 1.54) is 0 Å². The molecule has 0 fully saturated rings. The molecular weight excluding hydrogens is 270 g/mol. The van der Waals surface area contributed by atoms with Gasteiger partial charge in [-0.15, -0.1) is 0 Å². The normalized spacial score (nSPS) is 14.2. The molecule has 0 aromatic carbocycles. The number of hydrogen-bond acceptors (Lipinski definition) is 5. The van der Waals surface area contributed by atoms with E-state index in [2.05, 4.69) is 36.3 Å². The van der Waals surface area contributed by atoms with Crippen LogP contribution in [-0.4, -0.2) is 46.7 Å². The van der Waals surface area contributed by atoms with Crippen molar-refractivity contribution in [3.05, 3.63) is 17.0 Å². The zero-order chi connectivity index (χ0) is 16.0. The highest BCUT2D eigenvalue weighted by atomic mass is 16.5. The molecule has 0 spiro atoms. The van der Waals surface area contributed by atoms with E-state index in [1.807, 2.05) is 6.92 Å². The van der Waals surface area contributed by atoms with Crippen LogP contribution >= 0.6 is 0 Å². The number of likely N-dealkylation sites (N-methyl/N-ethyl adjacent to an activating group) is 1. The van der Waals surface area contributed by atoms with Crippen molar-refractivity contribution in [3.8, 4) is 0 Å². The maximum absolute atomic E-state index is 12.2. The Bertz CT molecular complexity index is 459. The molecule has 0 aliphatic heterocycles. The highest BCUT2D eigenvalue weighted by molar-refractivity contribution is 5.93. The summed E-state index contributed by atoms with van der Waals surface area (Å²) in [6.07, 6.45) is 2.30. The largest absolute Gasteiger partial charge is 0.388 e.